The lowest BCUT2D eigenvalue weighted by molar-refractivity contribution is -0.123. The van der Waals surface area contributed by atoms with Gasteiger partial charge in [0.15, 0.2) is 0 Å². The summed E-state index contributed by atoms with van der Waals surface area (Å²) in [6, 6.07) is -0.530. The highest BCUT2D eigenvalue weighted by Gasteiger charge is 2.20. The molecule has 0 saturated heterocycles. The average molecular weight is 806 g/mol. The molecule has 0 aromatic carbocycles. The maximum absolute atomic E-state index is 12.5. The molecule has 2 atom stereocenters. The van der Waals surface area contributed by atoms with Crippen molar-refractivity contribution >= 4 is 5.91 Å². The zero-order valence-corrected chi connectivity index (χ0v) is 39.4. The zero-order chi connectivity index (χ0) is 41.4. The van der Waals surface area contributed by atoms with Crippen LogP contribution in [0.3, 0.4) is 0 Å². The zero-order valence-electron chi connectivity index (χ0n) is 39.4. The van der Waals surface area contributed by atoms with Crippen LogP contribution < -0.4 is 5.32 Å². The fourth-order valence-corrected chi connectivity index (χ4v) is 8.78. The number of aliphatic hydroxyl groups is 2. The van der Waals surface area contributed by atoms with E-state index in [0.717, 1.165) is 25.7 Å². The van der Waals surface area contributed by atoms with Gasteiger partial charge in [0.2, 0.25) is 5.91 Å². The van der Waals surface area contributed by atoms with Gasteiger partial charge in [-0.05, 0) is 12.8 Å². The van der Waals surface area contributed by atoms with Crippen molar-refractivity contribution in [3.05, 3.63) is 0 Å². The van der Waals surface area contributed by atoms with Gasteiger partial charge >= 0.3 is 0 Å². The van der Waals surface area contributed by atoms with Crippen molar-refractivity contribution in [3.63, 3.8) is 0 Å². The number of nitrogens with one attached hydrogen (secondary N) is 1. The Labute approximate surface area is 359 Å². The standard InChI is InChI=1S/C53H107NO3/c1-3-5-7-9-11-13-15-17-19-21-23-24-25-26-27-28-29-30-31-32-34-36-38-40-42-44-46-48-52(56)51(50-55)54-53(57)49-47-45-43-41-39-37-35-33-22-20-18-16-14-12-10-8-6-4-2/h51-52,55-56H,3-50H2,1-2H3,(H,54,57). The molecule has 4 nitrogen and oxygen atoms in total. The van der Waals surface area contributed by atoms with Crippen molar-refractivity contribution in [1.82, 2.24) is 5.32 Å². The van der Waals surface area contributed by atoms with Crippen LogP contribution in [-0.2, 0) is 4.79 Å². The SMILES string of the molecule is CCCCCCCCCCCCCCCCCCCCCCCCCCCCCC(O)C(CO)NC(=O)CCCCCCCCCCCCCCCCCCCC. The minimum atomic E-state index is -0.654. The summed E-state index contributed by atoms with van der Waals surface area (Å²) >= 11 is 0. The van der Waals surface area contributed by atoms with Gasteiger partial charge in [-0.25, -0.2) is 0 Å². The summed E-state index contributed by atoms with van der Waals surface area (Å²) in [6.07, 6.45) is 62.2. The van der Waals surface area contributed by atoms with Crippen LogP contribution in [0.25, 0.3) is 0 Å². The molecule has 0 fully saturated rings. The normalized spacial score (nSPS) is 12.7. The number of carbonyl (C=O) groups excluding carboxylic acids is 1. The summed E-state index contributed by atoms with van der Waals surface area (Å²) in [7, 11) is 0. The van der Waals surface area contributed by atoms with Gasteiger partial charge in [0.1, 0.15) is 0 Å². The van der Waals surface area contributed by atoms with E-state index in [2.05, 4.69) is 19.2 Å². The molecule has 3 N–H and O–H groups in total. The Bertz CT molecular complexity index is 744. The third kappa shape index (κ3) is 46.3. The van der Waals surface area contributed by atoms with Crippen LogP contribution in [-0.4, -0.2) is 34.9 Å². The third-order valence-electron chi connectivity index (χ3n) is 12.9. The Morgan fingerprint density at radius 1 is 0.351 bits per heavy atom. The second-order valence-electron chi connectivity index (χ2n) is 18.7. The average Bonchev–Trinajstić information content (AvgIpc) is 3.22. The predicted octanol–water partition coefficient (Wildman–Crippen LogP) is 17.2. The minimum Gasteiger partial charge on any atom is -0.394 e. The van der Waals surface area contributed by atoms with Crippen LogP contribution in [0.4, 0.5) is 0 Å². The van der Waals surface area contributed by atoms with Crippen LogP contribution in [0.15, 0.2) is 0 Å². The minimum absolute atomic E-state index is 0.0233. The quantitative estimate of drug-likeness (QED) is 0.0536. The van der Waals surface area contributed by atoms with Gasteiger partial charge in [0.25, 0.3) is 0 Å². The molecule has 0 aliphatic rings. The molecule has 0 bridgehead atoms. The Morgan fingerprint density at radius 3 is 0.789 bits per heavy atom. The topological polar surface area (TPSA) is 69.6 Å². The van der Waals surface area contributed by atoms with Crippen LogP contribution in [0, 0.1) is 0 Å². The number of unbranched alkanes of at least 4 members (excludes halogenated alkanes) is 43. The molecule has 0 spiro atoms. The molecule has 0 saturated carbocycles. The van der Waals surface area contributed by atoms with E-state index in [-0.39, 0.29) is 12.5 Å². The maximum atomic E-state index is 12.5. The predicted molar refractivity (Wildman–Crippen MR) is 253 cm³/mol. The molecular formula is C53H107NO3. The molecular weight excluding hydrogens is 699 g/mol. The molecule has 0 aromatic rings. The van der Waals surface area contributed by atoms with E-state index >= 15 is 0 Å². The van der Waals surface area contributed by atoms with Gasteiger partial charge < -0.3 is 15.5 Å². The highest BCUT2D eigenvalue weighted by molar-refractivity contribution is 5.76. The molecule has 0 rings (SSSR count). The first kappa shape index (κ1) is 56.4. The van der Waals surface area contributed by atoms with E-state index in [9.17, 15) is 15.0 Å². The molecule has 0 aromatic heterocycles. The summed E-state index contributed by atoms with van der Waals surface area (Å²) in [6.45, 7) is 4.40. The van der Waals surface area contributed by atoms with E-state index in [4.69, 9.17) is 0 Å². The molecule has 2 unspecified atom stereocenters. The summed E-state index contributed by atoms with van der Waals surface area (Å²) in [5.74, 6) is -0.0233. The van der Waals surface area contributed by atoms with Crippen molar-refractivity contribution in [2.24, 2.45) is 0 Å². The van der Waals surface area contributed by atoms with Gasteiger partial charge in [0.05, 0.1) is 18.8 Å². The van der Waals surface area contributed by atoms with Gasteiger partial charge in [-0.2, -0.15) is 0 Å². The Balaban J connectivity index is 3.40. The first-order chi connectivity index (χ1) is 28.2. The number of hydrogen-bond donors (Lipinski definition) is 3. The first-order valence-corrected chi connectivity index (χ1v) is 26.7. The number of hydrogen-bond acceptors (Lipinski definition) is 3. The fraction of sp³-hybridized carbons (Fsp3) is 0.981. The maximum Gasteiger partial charge on any atom is 0.220 e. The molecule has 342 valence electrons. The fourth-order valence-electron chi connectivity index (χ4n) is 8.78. The highest BCUT2D eigenvalue weighted by atomic mass is 16.3. The van der Waals surface area contributed by atoms with Gasteiger partial charge in [-0.15, -0.1) is 0 Å². The second-order valence-corrected chi connectivity index (χ2v) is 18.7. The van der Waals surface area contributed by atoms with Crippen LogP contribution >= 0.6 is 0 Å². The molecule has 4 heteroatoms. The van der Waals surface area contributed by atoms with E-state index in [1.165, 1.54) is 263 Å². The highest BCUT2D eigenvalue weighted by Crippen LogP contribution is 2.18. The molecule has 0 radical (unpaired) electrons. The van der Waals surface area contributed by atoms with Gasteiger partial charge in [-0.3, -0.25) is 4.79 Å². The van der Waals surface area contributed by atoms with Crippen molar-refractivity contribution < 1.29 is 15.0 Å². The van der Waals surface area contributed by atoms with Gasteiger partial charge in [-0.1, -0.05) is 296 Å². The number of aliphatic hydroxyl groups excluding tert-OH is 2. The van der Waals surface area contributed by atoms with Crippen LogP contribution in [0.1, 0.15) is 316 Å². The smallest absolute Gasteiger partial charge is 0.220 e. The van der Waals surface area contributed by atoms with Crippen molar-refractivity contribution in [1.29, 1.82) is 0 Å². The van der Waals surface area contributed by atoms with Crippen LogP contribution in [0.2, 0.25) is 0 Å². The summed E-state index contributed by atoms with van der Waals surface area (Å²) < 4.78 is 0. The van der Waals surface area contributed by atoms with Gasteiger partial charge in [0, 0.05) is 6.42 Å². The lowest BCUT2D eigenvalue weighted by Gasteiger charge is -2.22. The van der Waals surface area contributed by atoms with E-state index < -0.39 is 12.1 Å². The van der Waals surface area contributed by atoms with Crippen molar-refractivity contribution in [2.45, 2.75) is 328 Å². The Kier molecular flexibility index (Phi) is 49.2. The summed E-state index contributed by atoms with van der Waals surface area (Å²) in [5.41, 5.74) is 0. The molecule has 0 aliphatic carbocycles. The first-order valence-electron chi connectivity index (χ1n) is 26.7. The number of amides is 1. The summed E-state index contributed by atoms with van der Waals surface area (Å²) in [5, 5.41) is 23.3. The van der Waals surface area contributed by atoms with Crippen molar-refractivity contribution in [3.8, 4) is 0 Å². The van der Waals surface area contributed by atoms with E-state index in [1.807, 2.05) is 0 Å². The van der Waals surface area contributed by atoms with Crippen molar-refractivity contribution in [2.75, 3.05) is 6.61 Å². The molecule has 1 amide bonds. The lowest BCUT2D eigenvalue weighted by atomic mass is 10.0. The van der Waals surface area contributed by atoms with E-state index in [1.54, 1.807) is 0 Å². The lowest BCUT2D eigenvalue weighted by Crippen LogP contribution is -2.45. The molecule has 0 heterocycles. The molecule has 57 heavy (non-hydrogen) atoms. The summed E-state index contributed by atoms with van der Waals surface area (Å²) in [4.78, 5) is 12.5. The van der Waals surface area contributed by atoms with Crippen LogP contribution in [0.5, 0.6) is 0 Å². The number of rotatable bonds is 50. The third-order valence-corrected chi connectivity index (χ3v) is 12.9. The van der Waals surface area contributed by atoms with E-state index in [0.29, 0.717) is 12.8 Å². The number of carbonyl (C=O) groups is 1. The monoisotopic (exact) mass is 806 g/mol. The molecule has 0 aliphatic heterocycles. The second kappa shape index (κ2) is 49.8. The largest absolute Gasteiger partial charge is 0.394 e. The Hall–Kier alpha value is -0.610. The Morgan fingerprint density at radius 2 is 0.561 bits per heavy atom.